The molecular weight excluding hydrogens is 112 g/mol. The van der Waals surface area contributed by atoms with Gasteiger partial charge in [-0.25, -0.2) is 0 Å². The zero-order valence-corrected chi connectivity index (χ0v) is 5.12. The van der Waals surface area contributed by atoms with Crippen molar-refractivity contribution in [3.63, 3.8) is 0 Å². The summed E-state index contributed by atoms with van der Waals surface area (Å²) < 4.78 is 17.2. The van der Waals surface area contributed by atoms with Crippen LogP contribution in [-0.4, -0.2) is 22.8 Å². The lowest BCUT2D eigenvalue weighted by molar-refractivity contribution is 0.678. The van der Waals surface area contributed by atoms with Crippen LogP contribution in [0.1, 0.15) is 0 Å². The largest absolute Gasteiger partial charge is 0.330 e. The third-order valence-electron chi connectivity index (χ3n) is 0.507. The molecule has 0 saturated carbocycles. The van der Waals surface area contributed by atoms with E-state index in [4.69, 9.17) is 10.5 Å². The maximum absolute atomic E-state index is 10.4. The van der Waals surface area contributed by atoms with Gasteiger partial charge in [-0.15, -0.1) is 0 Å². The van der Waals surface area contributed by atoms with Gasteiger partial charge in [-0.05, 0) is 0 Å². The van der Waals surface area contributed by atoms with Crippen LogP contribution >= 0.6 is 0 Å². The number of hydrogen-bond donors (Lipinski definition) is 2. The van der Waals surface area contributed by atoms with E-state index in [1.165, 1.54) is 6.26 Å². The molecular formula is C3H10N2OS. The molecule has 3 N–H and O–H groups in total. The molecule has 0 aromatic heterocycles. The Morgan fingerprint density at radius 1 is 1.86 bits per heavy atom. The Balaban J connectivity index is 3.60. The van der Waals surface area contributed by atoms with Crippen LogP contribution in [-0.2, 0) is 9.73 Å². The van der Waals surface area contributed by atoms with Gasteiger partial charge >= 0.3 is 0 Å². The van der Waals surface area contributed by atoms with E-state index in [-0.39, 0.29) is 0 Å². The summed E-state index contributed by atoms with van der Waals surface area (Å²) in [6, 6.07) is 0. The van der Waals surface area contributed by atoms with Crippen molar-refractivity contribution in [2.45, 2.75) is 0 Å². The van der Waals surface area contributed by atoms with Crippen molar-refractivity contribution in [3.8, 4) is 0 Å². The first-order chi connectivity index (χ1) is 3.06. The zero-order valence-electron chi connectivity index (χ0n) is 4.31. The van der Waals surface area contributed by atoms with Crippen molar-refractivity contribution in [2.24, 2.45) is 5.73 Å². The maximum atomic E-state index is 10.4. The van der Waals surface area contributed by atoms with Gasteiger partial charge in [0, 0.05) is 28.3 Å². The molecule has 7 heavy (non-hydrogen) atoms. The van der Waals surface area contributed by atoms with Crippen LogP contribution in [0.2, 0.25) is 0 Å². The van der Waals surface area contributed by atoms with Crippen LogP contribution in [0.25, 0.3) is 0 Å². The fourth-order valence-corrected chi connectivity index (χ4v) is 0.675. The zero-order chi connectivity index (χ0) is 5.91. The van der Waals surface area contributed by atoms with Crippen molar-refractivity contribution < 1.29 is 4.21 Å². The van der Waals surface area contributed by atoms with Gasteiger partial charge < -0.3 is 5.73 Å². The molecule has 3 nitrogen and oxygen atoms in total. The molecule has 0 amide bonds. The molecule has 0 aromatic rings. The third-order valence-corrected chi connectivity index (χ3v) is 1.52. The Labute approximate surface area is 43.9 Å². The monoisotopic (exact) mass is 122 g/mol. The van der Waals surface area contributed by atoms with Gasteiger partial charge in [-0.2, -0.15) is 0 Å². The molecule has 0 aliphatic carbocycles. The minimum absolute atomic E-state index is 0.312. The molecule has 0 aliphatic heterocycles. The average molecular weight is 122 g/mol. The summed E-state index contributed by atoms with van der Waals surface area (Å²) in [6.45, 7) is 0.346. The summed E-state index contributed by atoms with van der Waals surface area (Å²) in [6.07, 6.45) is 1.39. The minimum atomic E-state index is -2.30. The first kappa shape index (κ1) is 6.91. The van der Waals surface area contributed by atoms with E-state index >= 15 is 0 Å². The molecule has 0 spiro atoms. The summed E-state index contributed by atoms with van der Waals surface area (Å²) in [7, 11) is -2.30. The molecule has 0 rings (SSSR count). The van der Waals surface area contributed by atoms with E-state index in [0.717, 1.165) is 0 Å². The molecule has 0 heterocycles. The van der Waals surface area contributed by atoms with Crippen LogP contribution in [0.15, 0.2) is 0 Å². The number of nitrogens with two attached hydrogens (primary N) is 1. The van der Waals surface area contributed by atoms with E-state index in [9.17, 15) is 4.21 Å². The number of nitrogens with one attached hydrogen (secondary N) is 1. The summed E-state index contributed by atoms with van der Waals surface area (Å²) in [4.78, 5) is 0. The lowest BCUT2D eigenvalue weighted by Gasteiger charge is -1.92. The Morgan fingerprint density at radius 2 is 2.29 bits per heavy atom. The van der Waals surface area contributed by atoms with Crippen LogP contribution in [0.5, 0.6) is 0 Å². The molecule has 4 heteroatoms. The highest BCUT2D eigenvalue weighted by Gasteiger charge is 1.90. The van der Waals surface area contributed by atoms with Crippen molar-refractivity contribution in [1.82, 2.24) is 0 Å². The number of hydrogen-bond acceptors (Lipinski definition) is 3. The van der Waals surface area contributed by atoms with Gasteiger partial charge in [0.1, 0.15) is 0 Å². The van der Waals surface area contributed by atoms with Crippen LogP contribution in [0.4, 0.5) is 0 Å². The average Bonchev–Trinajstić information content (AvgIpc) is 1.30. The predicted molar refractivity (Wildman–Crippen MR) is 30.7 cm³/mol. The second kappa shape index (κ2) is 2.28. The highest BCUT2D eigenvalue weighted by atomic mass is 32.2. The second-order valence-corrected chi connectivity index (χ2v) is 3.92. The lowest BCUT2D eigenvalue weighted by atomic mass is 10.8. The molecule has 0 aromatic carbocycles. The van der Waals surface area contributed by atoms with Gasteiger partial charge in [-0.1, -0.05) is 0 Å². The van der Waals surface area contributed by atoms with Gasteiger partial charge in [0.05, 0.1) is 0 Å². The molecule has 44 valence electrons. The van der Waals surface area contributed by atoms with Gasteiger partial charge in [0.15, 0.2) is 0 Å². The maximum Gasteiger partial charge on any atom is 0.0435 e. The normalized spacial score (nSPS) is 18.6. The number of rotatable bonds is 2. The molecule has 1 atom stereocenters. The predicted octanol–water partition coefficient (Wildman–Crippen LogP) is -0.378. The quantitative estimate of drug-likeness (QED) is 0.524. The molecule has 0 aliphatic rings. The second-order valence-electron chi connectivity index (χ2n) is 1.50. The molecule has 0 bridgehead atoms. The van der Waals surface area contributed by atoms with Crippen molar-refractivity contribution >= 4 is 9.73 Å². The third kappa shape index (κ3) is 5.91. The van der Waals surface area contributed by atoms with Crippen molar-refractivity contribution in [3.05, 3.63) is 0 Å². The Hall–Kier alpha value is -0.0900. The van der Waals surface area contributed by atoms with E-state index in [0.29, 0.717) is 12.3 Å². The first-order valence-corrected chi connectivity index (χ1v) is 4.11. The molecule has 0 saturated heterocycles. The molecule has 0 radical (unpaired) electrons. The van der Waals surface area contributed by atoms with E-state index in [1.54, 1.807) is 0 Å². The Kier molecular flexibility index (Phi) is 2.25. The van der Waals surface area contributed by atoms with E-state index in [1.807, 2.05) is 0 Å². The standard InChI is InChI=1S/C3H10N2OS/c1-7(5,6)3-2-4/h5H,2-4H2,1H3. The summed E-state index contributed by atoms with van der Waals surface area (Å²) >= 11 is 0. The van der Waals surface area contributed by atoms with Gasteiger partial charge in [0.25, 0.3) is 0 Å². The first-order valence-electron chi connectivity index (χ1n) is 1.98. The SMILES string of the molecule is CS(=N)(=O)CCN. The van der Waals surface area contributed by atoms with Crippen LogP contribution in [0, 0.1) is 4.78 Å². The van der Waals surface area contributed by atoms with Crippen molar-refractivity contribution in [1.29, 1.82) is 4.78 Å². The van der Waals surface area contributed by atoms with E-state index in [2.05, 4.69) is 0 Å². The fourth-order valence-electron chi connectivity index (χ4n) is 0.225. The van der Waals surface area contributed by atoms with Gasteiger partial charge in [0.2, 0.25) is 0 Å². The lowest BCUT2D eigenvalue weighted by Crippen LogP contribution is -2.12. The topological polar surface area (TPSA) is 66.9 Å². The van der Waals surface area contributed by atoms with Crippen LogP contribution < -0.4 is 5.73 Å². The fraction of sp³-hybridized carbons (Fsp3) is 1.00. The summed E-state index contributed by atoms with van der Waals surface area (Å²) in [5, 5.41) is 0. The Bertz CT molecular complexity index is 126. The smallest absolute Gasteiger partial charge is 0.0435 e. The van der Waals surface area contributed by atoms with Gasteiger partial charge in [-0.3, -0.25) is 8.99 Å². The Morgan fingerprint density at radius 3 is 2.29 bits per heavy atom. The molecule has 0 fully saturated rings. The minimum Gasteiger partial charge on any atom is -0.330 e. The highest BCUT2D eigenvalue weighted by Crippen LogP contribution is 1.78. The summed E-state index contributed by atoms with van der Waals surface area (Å²) in [5.74, 6) is 0.312. The molecule has 1 unspecified atom stereocenters. The van der Waals surface area contributed by atoms with Crippen LogP contribution in [0.3, 0.4) is 0 Å². The highest BCUT2D eigenvalue weighted by molar-refractivity contribution is 7.91. The summed E-state index contributed by atoms with van der Waals surface area (Å²) in [5.41, 5.74) is 5.02. The van der Waals surface area contributed by atoms with Crippen molar-refractivity contribution in [2.75, 3.05) is 18.6 Å². The van der Waals surface area contributed by atoms with E-state index < -0.39 is 9.73 Å².